The lowest BCUT2D eigenvalue weighted by Crippen LogP contribution is -2.30. The Morgan fingerprint density at radius 1 is 1.22 bits per heavy atom. The quantitative estimate of drug-likeness (QED) is 0.313. The number of hydrazone groups is 1. The van der Waals surface area contributed by atoms with Crippen molar-refractivity contribution in [1.29, 1.82) is 0 Å². The van der Waals surface area contributed by atoms with Crippen LogP contribution in [-0.2, 0) is 0 Å². The molecule has 1 fully saturated rings. The molecule has 0 unspecified atom stereocenters. The summed E-state index contributed by atoms with van der Waals surface area (Å²) in [5.41, 5.74) is 5.64. The van der Waals surface area contributed by atoms with Gasteiger partial charge in [0.05, 0.1) is 0 Å². The van der Waals surface area contributed by atoms with Crippen LogP contribution in [0, 0.1) is 11.8 Å². The minimum Gasteiger partial charge on any atom is -0.313 e. The van der Waals surface area contributed by atoms with Gasteiger partial charge in [0.25, 0.3) is 0 Å². The normalized spacial score (nSPS) is 25.3. The number of allylic oxidation sites excluding steroid dienone is 6. The summed E-state index contributed by atoms with van der Waals surface area (Å²) >= 11 is 0. The van der Waals surface area contributed by atoms with E-state index in [-0.39, 0.29) is 0 Å². The summed E-state index contributed by atoms with van der Waals surface area (Å²) < 4.78 is 0. The van der Waals surface area contributed by atoms with Crippen LogP contribution in [-0.4, -0.2) is 37.8 Å². The molecule has 3 nitrogen and oxygen atoms in total. The maximum atomic E-state index is 4.20. The van der Waals surface area contributed by atoms with Crippen molar-refractivity contribution in [2.75, 3.05) is 26.7 Å². The van der Waals surface area contributed by atoms with Crippen molar-refractivity contribution in [1.82, 2.24) is 10.3 Å². The second-order valence-corrected chi connectivity index (χ2v) is 7.96. The van der Waals surface area contributed by atoms with Gasteiger partial charge >= 0.3 is 0 Å². The molecule has 0 radical (unpaired) electrons. The molecular weight excluding hydrogens is 330 g/mol. The maximum absolute atomic E-state index is 4.20. The Hall–Kier alpha value is -1.61. The summed E-state index contributed by atoms with van der Waals surface area (Å²) in [6.45, 7) is 7.88. The van der Waals surface area contributed by atoms with E-state index in [1.54, 1.807) is 0 Å². The van der Waals surface area contributed by atoms with Crippen molar-refractivity contribution in [2.45, 2.75) is 58.8 Å². The van der Waals surface area contributed by atoms with Crippen molar-refractivity contribution in [2.24, 2.45) is 16.9 Å². The zero-order valence-electron chi connectivity index (χ0n) is 17.7. The molecular formula is C24H39N3. The van der Waals surface area contributed by atoms with Gasteiger partial charge in [0, 0.05) is 26.4 Å². The predicted molar refractivity (Wildman–Crippen MR) is 119 cm³/mol. The average Bonchev–Trinajstić information content (AvgIpc) is 3.47. The molecule has 2 aliphatic carbocycles. The van der Waals surface area contributed by atoms with Gasteiger partial charge in [0.2, 0.25) is 0 Å². The van der Waals surface area contributed by atoms with E-state index >= 15 is 0 Å². The standard InChI is InChI=1S/C24H39N3/c1-4-9-21(5-2)19-27(20-24-14-15-24)17-16-22-10-7-6-8-11-23(13-12-22)18-26-25-3/h4-6,8-9,11,18,22,24-25H,7,10,12-17,19-20H2,1-3H3/b8-6+,9-4-,21-5+,23-11+,26-18-/t22-/m0/s1. The summed E-state index contributed by atoms with van der Waals surface area (Å²) in [4.78, 5) is 2.70. The lowest BCUT2D eigenvalue weighted by atomic mass is 9.92. The number of nitrogens with zero attached hydrogens (tertiary/aromatic N) is 2. The number of hydrogen-bond acceptors (Lipinski definition) is 3. The predicted octanol–water partition coefficient (Wildman–Crippen LogP) is 5.49. The molecule has 2 aliphatic rings. The summed E-state index contributed by atoms with van der Waals surface area (Å²) in [7, 11) is 1.85. The molecule has 0 amide bonds. The third-order valence-corrected chi connectivity index (χ3v) is 5.61. The van der Waals surface area contributed by atoms with E-state index in [0.29, 0.717) is 0 Å². The average molecular weight is 370 g/mol. The van der Waals surface area contributed by atoms with Crippen LogP contribution in [0.1, 0.15) is 58.8 Å². The first kappa shape index (κ1) is 21.7. The van der Waals surface area contributed by atoms with E-state index < -0.39 is 0 Å². The minimum atomic E-state index is 0.802. The molecule has 0 aromatic heterocycles. The van der Waals surface area contributed by atoms with E-state index in [4.69, 9.17) is 0 Å². The van der Waals surface area contributed by atoms with E-state index in [1.165, 1.54) is 62.8 Å². The van der Waals surface area contributed by atoms with Gasteiger partial charge in [0.1, 0.15) is 0 Å². The second kappa shape index (κ2) is 12.7. The van der Waals surface area contributed by atoms with E-state index in [9.17, 15) is 0 Å². The molecule has 3 heteroatoms. The van der Waals surface area contributed by atoms with Crippen molar-refractivity contribution in [3.63, 3.8) is 0 Å². The third-order valence-electron chi connectivity index (χ3n) is 5.61. The summed E-state index contributed by atoms with van der Waals surface area (Å²) in [5, 5.41) is 4.20. The first-order valence-corrected chi connectivity index (χ1v) is 10.8. The van der Waals surface area contributed by atoms with Crippen LogP contribution < -0.4 is 5.43 Å². The fourth-order valence-corrected chi connectivity index (χ4v) is 3.74. The molecule has 0 bridgehead atoms. The maximum Gasteiger partial charge on any atom is 0.0499 e. The van der Waals surface area contributed by atoms with Gasteiger partial charge in [-0.1, -0.05) is 36.5 Å². The molecule has 2 rings (SSSR count). The van der Waals surface area contributed by atoms with Crippen LogP contribution in [0.15, 0.2) is 52.7 Å². The number of rotatable bonds is 10. The molecule has 0 aliphatic heterocycles. The molecule has 1 N–H and O–H groups in total. The SMILES string of the molecule is C/C=C\C(=C/C)CN(CC[C@H]1CC/C=C/C=C(/C=N\NC)CC1)CC1CC1. The molecule has 150 valence electrons. The summed E-state index contributed by atoms with van der Waals surface area (Å²) in [6, 6.07) is 0. The Balaban J connectivity index is 1.89. The Morgan fingerprint density at radius 3 is 2.78 bits per heavy atom. The number of hydrogen-bond donors (Lipinski definition) is 1. The fourth-order valence-electron chi connectivity index (χ4n) is 3.74. The smallest absolute Gasteiger partial charge is 0.0499 e. The highest BCUT2D eigenvalue weighted by molar-refractivity contribution is 5.78. The van der Waals surface area contributed by atoms with Crippen LogP contribution in [0.3, 0.4) is 0 Å². The Bertz CT molecular complexity index is 564. The van der Waals surface area contributed by atoms with E-state index in [2.05, 4.69) is 65.7 Å². The van der Waals surface area contributed by atoms with Crippen LogP contribution in [0.5, 0.6) is 0 Å². The van der Waals surface area contributed by atoms with Crippen molar-refractivity contribution < 1.29 is 0 Å². The molecule has 0 spiro atoms. The van der Waals surface area contributed by atoms with E-state index in [0.717, 1.165) is 24.8 Å². The molecule has 27 heavy (non-hydrogen) atoms. The van der Waals surface area contributed by atoms with Gasteiger partial charge < -0.3 is 5.43 Å². The third kappa shape index (κ3) is 9.23. The monoisotopic (exact) mass is 369 g/mol. The zero-order valence-corrected chi connectivity index (χ0v) is 17.7. The fraction of sp³-hybridized carbons (Fsp3) is 0.625. The lowest BCUT2D eigenvalue weighted by Gasteiger charge is -2.26. The molecule has 0 aromatic carbocycles. The van der Waals surface area contributed by atoms with Crippen molar-refractivity contribution in [3.05, 3.63) is 47.6 Å². The van der Waals surface area contributed by atoms with E-state index in [1.807, 2.05) is 13.3 Å². The largest absolute Gasteiger partial charge is 0.313 e. The van der Waals surface area contributed by atoms with Crippen molar-refractivity contribution in [3.8, 4) is 0 Å². The molecule has 0 heterocycles. The lowest BCUT2D eigenvalue weighted by molar-refractivity contribution is 0.253. The Morgan fingerprint density at radius 2 is 2.07 bits per heavy atom. The Labute approximate surface area is 167 Å². The highest BCUT2D eigenvalue weighted by Gasteiger charge is 2.24. The van der Waals surface area contributed by atoms with Gasteiger partial charge in [-0.15, -0.1) is 0 Å². The topological polar surface area (TPSA) is 27.6 Å². The van der Waals surface area contributed by atoms with Crippen LogP contribution >= 0.6 is 0 Å². The van der Waals surface area contributed by atoms with Crippen LogP contribution in [0.25, 0.3) is 0 Å². The number of nitrogens with one attached hydrogen (secondary N) is 1. The van der Waals surface area contributed by atoms with Gasteiger partial charge in [-0.3, -0.25) is 4.90 Å². The van der Waals surface area contributed by atoms with Gasteiger partial charge in [-0.25, -0.2) is 0 Å². The van der Waals surface area contributed by atoms with Crippen molar-refractivity contribution >= 4 is 6.21 Å². The molecule has 0 aromatic rings. The first-order chi connectivity index (χ1) is 13.2. The molecule has 1 saturated carbocycles. The van der Waals surface area contributed by atoms with Crippen LogP contribution in [0.4, 0.5) is 0 Å². The summed E-state index contributed by atoms with van der Waals surface area (Å²) in [5.74, 6) is 1.75. The zero-order chi connectivity index (χ0) is 19.3. The second-order valence-electron chi connectivity index (χ2n) is 7.96. The van der Waals surface area contributed by atoms with Crippen LogP contribution in [0.2, 0.25) is 0 Å². The van der Waals surface area contributed by atoms with Gasteiger partial charge in [0.15, 0.2) is 0 Å². The molecule has 1 atom stereocenters. The Kier molecular flexibility index (Phi) is 10.2. The molecule has 0 saturated heterocycles. The highest BCUT2D eigenvalue weighted by atomic mass is 15.3. The minimum absolute atomic E-state index is 0.802. The van der Waals surface area contributed by atoms with Gasteiger partial charge in [-0.2, -0.15) is 5.10 Å². The van der Waals surface area contributed by atoms with Gasteiger partial charge in [-0.05, 0) is 88.3 Å². The summed E-state index contributed by atoms with van der Waals surface area (Å²) in [6.07, 6.45) is 24.5. The highest BCUT2D eigenvalue weighted by Crippen LogP contribution is 2.30. The first-order valence-electron chi connectivity index (χ1n) is 10.8.